The minimum absolute atomic E-state index is 0.0349. The van der Waals surface area contributed by atoms with Crippen molar-refractivity contribution in [1.82, 2.24) is 5.32 Å². The Morgan fingerprint density at radius 1 is 1.18 bits per heavy atom. The Balaban J connectivity index is 1.86. The molecule has 1 saturated heterocycles. The fraction of sp³-hybridized carbons (Fsp3) is 1.00. The highest BCUT2D eigenvalue weighted by atomic mass is 16.5. The van der Waals surface area contributed by atoms with E-state index in [9.17, 15) is 0 Å². The Bertz CT molecular complexity index is 242. The van der Waals surface area contributed by atoms with Gasteiger partial charge in [0, 0.05) is 25.8 Å². The normalized spacial score (nSPS) is 37.9. The van der Waals surface area contributed by atoms with Gasteiger partial charge >= 0.3 is 0 Å². The van der Waals surface area contributed by atoms with Gasteiger partial charge in [-0.15, -0.1) is 0 Å². The van der Waals surface area contributed by atoms with Crippen LogP contribution in [0.3, 0.4) is 0 Å². The van der Waals surface area contributed by atoms with Crippen LogP contribution >= 0.6 is 0 Å². The first-order valence-electron chi connectivity index (χ1n) is 7.03. The molecule has 1 heterocycles. The minimum Gasteiger partial charge on any atom is -0.380 e. The predicted octanol–water partition coefficient (Wildman–Crippen LogP) is 2.49. The average molecular weight is 241 g/mol. The molecular formula is C14H27NO2. The molecule has 3 heteroatoms. The standard InChI is InChI=1S/C14H27NO2/c1-14(2)10-11(8-9-17-14)15-12-6-4-5-7-13(12)16-3/h11-13,15H,4-10H2,1-3H3. The largest absolute Gasteiger partial charge is 0.380 e. The zero-order valence-electron chi connectivity index (χ0n) is 11.5. The van der Waals surface area contributed by atoms with Gasteiger partial charge in [0.15, 0.2) is 0 Å². The van der Waals surface area contributed by atoms with Gasteiger partial charge in [-0.3, -0.25) is 0 Å². The van der Waals surface area contributed by atoms with Crippen LogP contribution in [0.2, 0.25) is 0 Å². The smallest absolute Gasteiger partial charge is 0.0724 e. The van der Waals surface area contributed by atoms with Crippen LogP contribution in [0.25, 0.3) is 0 Å². The van der Waals surface area contributed by atoms with Crippen LogP contribution in [-0.4, -0.2) is 37.5 Å². The summed E-state index contributed by atoms with van der Waals surface area (Å²) in [4.78, 5) is 0. The van der Waals surface area contributed by atoms with Crippen LogP contribution in [0.4, 0.5) is 0 Å². The van der Waals surface area contributed by atoms with Gasteiger partial charge in [-0.1, -0.05) is 12.8 Å². The molecule has 2 aliphatic rings. The van der Waals surface area contributed by atoms with Crippen LogP contribution in [0.15, 0.2) is 0 Å². The molecule has 0 aromatic carbocycles. The monoisotopic (exact) mass is 241 g/mol. The Labute approximate surface area is 105 Å². The van der Waals surface area contributed by atoms with E-state index in [0.29, 0.717) is 18.2 Å². The van der Waals surface area contributed by atoms with E-state index in [1.807, 2.05) is 7.11 Å². The zero-order valence-corrected chi connectivity index (χ0v) is 11.5. The highest BCUT2D eigenvalue weighted by Gasteiger charge is 2.32. The Morgan fingerprint density at radius 2 is 1.94 bits per heavy atom. The lowest BCUT2D eigenvalue weighted by Crippen LogP contribution is -2.52. The second-order valence-electron chi connectivity index (χ2n) is 6.13. The molecule has 0 spiro atoms. The average Bonchev–Trinajstić information content (AvgIpc) is 2.28. The molecule has 0 amide bonds. The molecule has 3 atom stereocenters. The molecule has 3 nitrogen and oxygen atoms in total. The maximum atomic E-state index is 5.77. The van der Waals surface area contributed by atoms with Crippen molar-refractivity contribution in [2.45, 2.75) is 76.2 Å². The highest BCUT2D eigenvalue weighted by molar-refractivity contribution is 4.89. The summed E-state index contributed by atoms with van der Waals surface area (Å²) in [7, 11) is 1.85. The summed E-state index contributed by atoms with van der Waals surface area (Å²) in [5.74, 6) is 0. The van der Waals surface area contributed by atoms with Gasteiger partial charge in [-0.2, -0.15) is 0 Å². The van der Waals surface area contributed by atoms with Crippen molar-refractivity contribution >= 4 is 0 Å². The first kappa shape index (κ1) is 13.3. The molecule has 1 saturated carbocycles. The Hall–Kier alpha value is -0.120. The maximum absolute atomic E-state index is 5.77. The zero-order chi connectivity index (χ0) is 12.3. The second-order valence-corrected chi connectivity index (χ2v) is 6.13. The molecule has 100 valence electrons. The molecule has 0 bridgehead atoms. The lowest BCUT2D eigenvalue weighted by Gasteiger charge is -2.40. The first-order valence-corrected chi connectivity index (χ1v) is 7.03. The van der Waals surface area contributed by atoms with Crippen LogP contribution in [-0.2, 0) is 9.47 Å². The second kappa shape index (κ2) is 5.68. The molecule has 2 rings (SSSR count). The van der Waals surface area contributed by atoms with E-state index >= 15 is 0 Å². The van der Waals surface area contributed by atoms with Crippen molar-refractivity contribution in [2.75, 3.05) is 13.7 Å². The first-order chi connectivity index (χ1) is 8.11. The summed E-state index contributed by atoms with van der Waals surface area (Å²) < 4.78 is 11.4. The summed E-state index contributed by atoms with van der Waals surface area (Å²) >= 11 is 0. The van der Waals surface area contributed by atoms with E-state index in [0.717, 1.165) is 19.4 Å². The van der Waals surface area contributed by atoms with Crippen molar-refractivity contribution in [3.8, 4) is 0 Å². The van der Waals surface area contributed by atoms with Crippen LogP contribution in [0, 0.1) is 0 Å². The van der Waals surface area contributed by atoms with Gasteiger partial charge in [0.05, 0.1) is 11.7 Å². The van der Waals surface area contributed by atoms with Gasteiger partial charge in [0.1, 0.15) is 0 Å². The SMILES string of the molecule is COC1CCCCC1NC1CCOC(C)(C)C1. The summed E-state index contributed by atoms with van der Waals surface area (Å²) in [5.41, 5.74) is 0.0349. The fourth-order valence-corrected chi connectivity index (χ4v) is 3.25. The minimum atomic E-state index is 0.0349. The van der Waals surface area contributed by atoms with E-state index in [1.54, 1.807) is 0 Å². The van der Waals surface area contributed by atoms with Crippen molar-refractivity contribution < 1.29 is 9.47 Å². The van der Waals surface area contributed by atoms with Crippen molar-refractivity contribution in [1.29, 1.82) is 0 Å². The Kier molecular flexibility index (Phi) is 4.45. The van der Waals surface area contributed by atoms with Gasteiger partial charge in [0.25, 0.3) is 0 Å². The molecule has 1 aliphatic heterocycles. The number of rotatable bonds is 3. The maximum Gasteiger partial charge on any atom is 0.0724 e. The molecule has 0 aromatic rings. The quantitative estimate of drug-likeness (QED) is 0.823. The van der Waals surface area contributed by atoms with E-state index < -0.39 is 0 Å². The molecule has 3 unspecified atom stereocenters. The number of nitrogens with one attached hydrogen (secondary N) is 1. The highest BCUT2D eigenvalue weighted by Crippen LogP contribution is 2.27. The van der Waals surface area contributed by atoms with Crippen LogP contribution in [0.5, 0.6) is 0 Å². The van der Waals surface area contributed by atoms with Gasteiger partial charge < -0.3 is 14.8 Å². The van der Waals surface area contributed by atoms with Gasteiger partial charge in [0.2, 0.25) is 0 Å². The van der Waals surface area contributed by atoms with Crippen LogP contribution < -0.4 is 5.32 Å². The molecule has 17 heavy (non-hydrogen) atoms. The van der Waals surface area contributed by atoms with Crippen molar-refractivity contribution in [3.05, 3.63) is 0 Å². The molecular weight excluding hydrogens is 214 g/mol. The Morgan fingerprint density at radius 3 is 2.65 bits per heavy atom. The van der Waals surface area contributed by atoms with E-state index in [2.05, 4.69) is 19.2 Å². The summed E-state index contributed by atoms with van der Waals surface area (Å²) in [6.07, 6.45) is 7.78. The summed E-state index contributed by atoms with van der Waals surface area (Å²) in [6, 6.07) is 1.15. The van der Waals surface area contributed by atoms with Gasteiger partial charge in [-0.25, -0.2) is 0 Å². The lowest BCUT2D eigenvalue weighted by molar-refractivity contribution is -0.0684. The topological polar surface area (TPSA) is 30.5 Å². The fourth-order valence-electron chi connectivity index (χ4n) is 3.25. The third-order valence-electron chi connectivity index (χ3n) is 4.15. The third-order valence-corrected chi connectivity index (χ3v) is 4.15. The molecule has 2 fully saturated rings. The van der Waals surface area contributed by atoms with E-state index in [4.69, 9.17) is 9.47 Å². The summed E-state index contributed by atoms with van der Waals surface area (Å²) in [6.45, 7) is 5.26. The summed E-state index contributed by atoms with van der Waals surface area (Å²) in [5, 5.41) is 3.81. The number of methoxy groups -OCH3 is 1. The number of hydrogen-bond acceptors (Lipinski definition) is 3. The number of hydrogen-bond donors (Lipinski definition) is 1. The third kappa shape index (κ3) is 3.67. The molecule has 0 radical (unpaired) electrons. The molecule has 0 aromatic heterocycles. The van der Waals surface area contributed by atoms with Crippen molar-refractivity contribution in [2.24, 2.45) is 0 Å². The molecule has 1 aliphatic carbocycles. The lowest BCUT2D eigenvalue weighted by atomic mass is 9.89. The van der Waals surface area contributed by atoms with E-state index in [-0.39, 0.29) is 5.60 Å². The van der Waals surface area contributed by atoms with E-state index in [1.165, 1.54) is 25.7 Å². The predicted molar refractivity (Wildman–Crippen MR) is 69.2 cm³/mol. The van der Waals surface area contributed by atoms with Crippen LogP contribution in [0.1, 0.15) is 52.4 Å². The van der Waals surface area contributed by atoms with Gasteiger partial charge in [-0.05, 0) is 39.5 Å². The molecule has 1 N–H and O–H groups in total. The number of ether oxygens (including phenoxy) is 2. The van der Waals surface area contributed by atoms with Crippen molar-refractivity contribution in [3.63, 3.8) is 0 Å².